The molecule has 0 aromatic heterocycles. The van der Waals surface area contributed by atoms with Crippen LogP contribution in [0.25, 0.3) is 0 Å². The standard InChI is InChI=1S/C11H14O4/c1-13-10-4-2-3-8(5-12)11(10)15-9-6-14-7-9/h2-4,9,12H,5-7H2,1H3. The summed E-state index contributed by atoms with van der Waals surface area (Å²) < 4.78 is 15.9. The van der Waals surface area contributed by atoms with Crippen molar-refractivity contribution in [3.05, 3.63) is 23.8 Å². The molecule has 1 aromatic carbocycles. The van der Waals surface area contributed by atoms with Crippen molar-refractivity contribution >= 4 is 0 Å². The van der Waals surface area contributed by atoms with Gasteiger partial charge in [0.05, 0.1) is 26.9 Å². The molecule has 1 saturated heterocycles. The summed E-state index contributed by atoms with van der Waals surface area (Å²) in [5.74, 6) is 1.27. The van der Waals surface area contributed by atoms with Gasteiger partial charge in [0.15, 0.2) is 11.5 Å². The summed E-state index contributed by atoms with van der Waals surface area (Å²) >= 11 is 0. The number of hydrogen-bond donors (Lipinski definition) is 1. The van der Waals surface area contributed by atoms with Crippen LogP contribution in [0.15, 0.2) is 18.2 Å². The Morgan fingerprint density at radius 3 is 2.80 bits per heavy atom. The zero-order valence-corrected chi connectivity index (χ0v) is 8.60. The Morgan fingerprint density at radius 1 is 1.47 bits per heavy atom. The molecule has 4 heteroatoms. The van der Waals surface area contributed by atoms with Gasteiger partial charge >= 0.3 is 0 Å². The monoisotopic (exact) mass is 210 g/mol. The van der Waals surface area contributed by atoms with Crippen LogP contribution < -0.4 is 9.47 Å². The van der Waals surface area contributed by atoms with E-state index >= 15 is 0 Å². The third-order valence-corrected chi connectivity index (χ3v) is 2.34. The highest BCUT2D eigenvalue weighted by molar-refractivity contribution is 5.46. The zero-order chi connectivity index (χ0) is 10.7. The van der Waals surface area contributed by atoms with E-state index in [-0.39, 0.29) is 12.7 Å². The van der Waals surface area contributed by atoms with E-state index in [0.29, 0.717) is 24.7 Å². The van der Waals surface area contributed by atoms with Crippen LogP contribution >= 0.6 is 0 Å². The molecular weight excluding hydrogens is 196 g/mol. The number of ether oxygens (including phenoxy) is 3. The van der Waals surface area contributed by atoms with Crippen molar-refractivity contribution in [1.29, 1.82) is 0 Å². The first-order chi connectivity index (χ1) is 7.35. The van der Waals surface area contributed by atoms with Crippen LogP contribution in [-0.4, -0.2) is 31.5 Å². The molecule has 2 rings (SSSR count). The summed E-state index contributed by atoms with van der Waals surface area (Å²) in [5.41, 5.74) is 0.737. The number of methoxy groups -OCH3 is 1. The van der Waals surface area contributed by atoms with Gasteiger partial charge in [-0.2, -0.15) is 0 Å². The highest BCUT2D eigenvalue weighted by atomic mass is 16.6. The van der Waals surface area contributed by atoms with Crippen molar-refractivity contribution in [2.75, 3.05) is 20.3 Å². The minimum atomic E-state index is -0.0554. The fourth-order valence-electron chi connectivity index (χ4n) is 1.43. The fourth-order valence-corrected chi connectivity index (χ4v) is 1.43. The summed E-state index contributed by atoms with van der Waals surface area (Å²) in [6.45, 7) is 1.14. The molecule has 1 heterocycles. The Morgan fingerprint density at radius 2 is 2.27 bits per heavy atom. The highest BCUT2D eigenvalue weighted by Crippen LogP contribution is 2.32. The molecule has 0 atom stereocenters. The van der Waals surface area contributed by atoms with E-state index in [1.54, 1.807) is 7.11 Å². The molecule has 0 bridgehead atoms. The Hall–Kier alpha value is -1.26. The normalized spacial score (nSPS) is 15.9. The van der Waals surface area contributed by atoms with Gasteiger partial charge in [0.25, 0.3) is 0 Å². The first-order valence-corrected chi connectivity index (χ1v) is 4.86. The Kier molecular flexibility index (Phi) is 3.08. The molecule has 82 valence electrons. The van der Waals surface area contributed by atoms with Crippen molar-refractivity contribution in [3.8, 4) is 11.5 Å². The zero-order valence-electron chi connectivity index (χ0n) is 8.60. The van der Waals surface area contributed by atoms with Gasteiger partial charge in [-0.15, -0.1) is 0 Å². The quantitative estimate of drug-likeness (QED) is 0.804. The topological polar surface area (TPSA) is 47.9 Å². The number of hydrogen-bond acceptors (Lipinski definition) is 4. The minimum absolute atomic E-state index is 0.0554. The molecule has 0 amide bonds. The second-order valence-corrected chi connectivity index (χ2v) is 3.38. The molecule has 1 aliphatic rings. The van der Waals surface area contributed by atoms with Crippen molar-refractivity contribution < 1.29 is 19.3 Å². The van der Waals surface area contributed by atoms with Gasteiger partial charge in [0.2, 0.25) is 0 Å². The van der Waals surface area contributed by atoms with E-state index in [4.69, 9.17) is 14.2 Å². The summed E-state index contributed by atoms with van der Waals surface area (Å²) in [6, 6.07) is 5.46. The molecule has 15 heavy (non-hydrogen) atoms. The third-order valence-electron chi connectivity index (χ3n) is 2.34. The lowest BCUT2D eigenvalue weighted by Crippen LogP contribution is -2.38. The highest BCUT2D eigenvalue weighted by Gasteiger charge is 2.23. The summed E-state index contributed by atoms with van der Waals surface area (Å²) in [6.07, 6.45) is 0.0756. The van der Waals surface area contributed by atoms with Gasteiger partial charge < -0.3 is 19.3 Å². The number of aliphatic hydroxyl groups is 1. The third kappa shape index (κ3) is 2.06. The minimum Gasteiger partial charge on any atom is -0.493 e. The average molecular weight is 210 g/mol. The Bertz CT molecular complexity index is 311. The molecule has 1 aromatic rings. The van der Waals surface area contributed by atoms with E-state index in [2.05, 4.69) is 0 Å². The van der Waals surface area contributed by atoms with Gasteiger partial charge in [0.1, 0.15) is 6.10 Å². The lowest BCUT2D eigenvalue weighted by Gasteiger charge is -2.28. The summed E-state index contributed by atoms with van der Waals surface area (Å²) in [4.78, 5) is 0. The van der Waals surface area contributed by atoms with E-state index in [1.807, 2.05) is 18.2 Å². The van der Waals surface area contributed by atoms with Gasteiger partial charge in [-0.3, -0.25) is 0 Å². The van der Waals surface area contributed by atoms with Crippen LogP contribution in [0.4, 0.5) is 0 Å². The molecular formula is C11H14O4. The molecule has 0 spiro atoms. The Balaban J connectivity index is 2.23. The molecule has 0 radical (unpaired) electrons. The van der Waals surface area contributed by atoms with Gasteiger partial charge in [-0.25, -0.2) is 0 Å². The second kappa shape index (κ2) is 4.51. The van der Waals surface area contributed by atoms with Crippen molar-refractivity contribution in [2.24, 2.45) is 0 Å². The van der Waals surface area contributed by atoms with E-state index < -0.39 is 0 Å². The number of rotatable bonds is 4. The lowest BCUT2D eigenvalue weighted by molar-refractivity contribution is -0.0809. The number of para-hydroxylation sites is 1. The molecule has 1 aliphatic heterocycles. The first-order valence-electron chi connectivity index (χ1n) is 4.86. The second-order valence-electron chi connectivity index (χ2n) is 3.38. The molecule has 4 nitrogen and oxygen atoms in total. The maximum absolute atomic E-state index is 9.18. The van der Waals surface area contributed by atoms with Crippen LogP contribution in [0.1, 0.15) is 5.56 Å². The first kappa shape index (κ1) is 10.3. The Labute approximate surface area is 88.4 Å². The van der Waals surface area contributed by atoms with Gasteiger partial charge in [-0.1, -0.05) is 12.1 Å². The van der Waals surface area contributed by atoms with Crippen molar-refractivity contribution in [1.82, 2.24) is 0 Å². The lowest BCUT2D eigenvalue weighted by atomic mass is 10.2. The number of benzene rings is 1. The maximum Gasteiger partial charge on any atom is 0.167 e. The smallest absolute Gasteiger partial charge is 0.167 e. The van der Waals surface area contributed by atoms with Crippen LogP contribution in [0, 0.1) is 0 Å². The van der Waals surface area contributed by atoms with Crippen molar-refractivity contribution in [2.45, 2.75) is 12.7 Å². The maximum atomic E-state index is 9.18. The molecule has 1 fully saturated rings. The summed E-state index contributed by atoms with van der Waals surface area (Å²) in [7, 11) is 1.58. The molecule has 1 N–H and O–H groups in total. The predicted octanol–water partition coefficient (Wildman–Crippen LogP) is 0.965. The van der Waals surface area contributed by atoms with Crippen LogP contribution in [0.3, 0.4) is 0 Å². The molecule has 0 saturated carbocycles. The van der Waals surface area contributed by atoms with Crippen LogP contribution in [-0.2, 0) is 11.3 Å². The molecule has 0 unspecified atom stereocenters. The van der Waals surface area contributed by atoms with Gasteiger partial charge in [-0.05, 0) is 6.07 Å². The van der Waals surface area contributed by atoms with Crippen molar-refractivity contribution in [3.63, 3.8) is 0 Å². The SMILES string of the molecule is COc1cccc(CO)c1OC1COC1. The average Bonchev–Trinajstić information content (AvgIpc) is 2.23. The van der Waals surface area contributed by atoms with E-state index in [9.17, 15) is 5.11 Å². The predicted molar refractivity (Wildman–Crippen MR) is 54.2 cm³/mol. The molecule has 0 aliphatic carbocycles. The van der Waals surface area contributed by atoms with Crippen LogP contribution in [0.5, 0.6) is 11.5 Å². The van der Waals surface area contributed by atoms with Gasteiger partial charge in [0, 0.05) is 5.56 Å². The number of aliphatic hydroxyl groups excluding tert-OH is 1. The van der Waals surface area contributed by atoms with E-state index in [0.717, 1.165) is 5.56 Å². The fraction of sp³-hybridized carbons (Fsp3) is 0.455. The largest absolute Gasteiger partial charge is 0.493 e. The summed E-state index contributed by atoms with van der Waals surface area (Å²) in [5, 5.41) is 9.18. The van der Waals surface area contributed by atoms with E-state index in [1.165, 1.54) is 0 Å². The van der Waals surface area contributed by atoms with Crippen LogP contribution in [0.2, 0.25) is 0 Å².